The fourth-order valence-corrected chi connectivity index (χ4v) is 5.28. The normalized spacial score (nSPS) is 22.0. The van der Waals surface area contributed by atoms with Crippen LogP contribution in [0.3, 0.4) is 0 Å². The number of sulfonamides is 1. The van der Waals surface area contributed by atoms with Crippen molar-refractivity contribution < 1.29 is 8.42 Å². The molecule has 108 valence electrons. The lowest BCUT2D eigenvalue weighted by molar-refractivity contribution is 0.252. The van der Waals surface area contributed by atoms with Crippen LogP contribution < -0.4 is 5.73 Å². The van der Waals surface area contributed by atoms with Gasteiger partial charge in [-0.05, 0) is 29.9 Å². The lowest BCUT2D eigenvalue weighted by Crippen LogP contribution is -2.30. The van der Waals surface area contributed by atoms with Crippen LogP contribution in [0.25, 0.3) is 0 Å². The van der Waals surface area contributed by atoms with Crippen LogP contribution in [-0.2, 0) is 16.6 Å². The highest BCUT2D eigenvalue weighted by Crippen LogP contribution is 2.36. The molecular weight excluding hydrogens is 280 g/mol. The number of thiophene rings is 1. The molecule has 0 aromatic carbocycles. The van der Waals surface area contributed by atoms with E-state index in [2.05, 4.69) is 20.8 Å². The fourth-order valence-electron chi connectivity index (χ4n) is 2.39. The maximum Gasteiger partial charge on any atom is 0.252 e. The predicted molar refractivity (Wildman–Crippen MR) is 78.5 cm³/mol. The van der Waals surface area contributed by atoms with Crippen molar-refractivity contribution in [3.8, 4) is 0 Å². The average Bonchev–Trinajstić information content (AvgIpc) is 2.98. The van der Waals surface area contributed by atoms with E-state index >= 15 is 0 Å². The molecule has 0 amide bonds. The van der Waals surface area contributed by atoms with Crippen LogP contribution in [0.4, 0.5) is 0 Å². The summed E-state index contributed by atoms with van der Waals surface area (Å²) in [6.45, 7) is 8.16. The van der Waals surface area contributed by atoms with E-state index in [0.717, 1.165) is 11.3 Å². The second-order valence-electron chi connectivity index (χ2n) is 6.14. The molecule has 1 saturated heterocycles. The zero-order valence-corrected chi connectivity index (χ0v) is 13.4. The van der Waals surface area contributed by atoms with Crippen LogP contribution in [0.5, 0.6) is 0 Å². The van der Waals surface area contributed by atoms with Gasteiger partial charge in [0.05, 0.1) is 0 Å². The van der Waals surface area contributed by atoms with Crippen molar-refractivity contribution in [2.75, 3.05) is 13.1 Å². The third-order valence-electron chi connectivity index (χ3n) is 3.81. The van der Waals surface area contributed by atoms with E-state index in [0.29, 0.717) is 29.8 Å². The largest absolute Gasteiger partial charge is 0.326 e. The van der Waals surface area contributed by atoms with Gasteiger partial charge in [-0.1, -0.05) is 20.8 Å². The van der Waals surface area contributed by atoms with Gasteiger partial charge >= 0.3 is 0 Å². The number of hydrogen-bond acceptors (Lipinski definition) is 4. The summed E-state index contributed by atoms with van der Waals surface area (Å²) in [4.78, 5) is 0.908. The molecule has 1 fully saturated rings. The van der Waals surface area contributed by atoms with Crippen molar-refractivity contribution in [3.05, 3.63) is 17.0 Å². The molecule has 0 radical (unpaired) electrons. The van der Waals surface area contributed by atoms with Crippen LogP contribution >= 0.6 is 11.3 Å². The molecule has 0 saturated carbocycles. The highest BCUT2D eigenvalue weighted by atomic mass is 32.2. The van der Waals surface area contributed by atoms with Gasteiger partial charge in [-0.15, -0.1) is 11.3 Å². The zero-order valence-electron chi connectivity index (χ0n) is 11.7. The molecule has 0 spiro atoms. The molecule has 1 atom stereocenters. The molecule has 2 heterocycles. The van der Waals surface area contributed by atoms with Gasteiger partial charge in [0.2, 0.25) is 0 Å². The third kappa shape index (κ3) is 3.02. The summed E-state index contributed by atoms with van der Waals surface area (Å²) in [6, 6.07) is 3.47. The van der Waals surface area contributed by atoms with Gasteiger partial charge in [-0.25, -0.2) is 8.42 Å². The van der Waals surface area contributed by atoms with Crippen LogP contribution in [-0.4, -0.2) is 25.8 Å². The molecule has 2 rings (SSSR count). The molecule has 6 heteroatoms. The first-order chi connectivity index (χ1) is 8.75. The van der Waals surface area contributed by atoms with Crippen LogP contribution in [0.2, 0.25) is 0 Å². The topological polar surface area (TPSA) is 63.4 Å². The summed E-state index contributed by atoms with van der Waals surface area (Å²) >= 11 is 1.28. The third-order valence-corrected chi connectivity index (χ3v) is 7.25. The first kappa shape index (κ1) is 15.0. The molecule has 1 aromatic heterocycles. The Morgan fingerprint density at radius 1 is 1.42 bits per heavy atom. The predicted octanol–water partition coefficient (Wildman–Crippen LogP) is 2.26. The summed E-state index contributed by atoms with van der Waals surface area (Å²) < 4.78 is 27.1. The summed E-state index contributed by atoms with van der Waals surface area (Å²) in [5.41, 5.74) is 5.70. The molecule has 2 N–H and O–H groups in total. The van der Waals surface area contributed by atoms with Crippen molar-refractivity contribution >= 4 is 21.4 Å². The Morgan fingerprint density at radius 2 is 2.11 bits per heavy atom. The van der Waals surface area contributed by atoms with Crippen molar-refractivity contribution in [1.82, 2.24) is 4.31 Å². The van der Waals surface area contributed by atoms with Gasteiger partial charge in [-0.2, -0.15) is 4.31 Å². The number of nitrogens with zero attached hydrogens (tertiary/aromatic N) is 1. The smallest absolute Gasteiger partial charge is 0.252 e. The SMILES string of the molecule is CC(C)(C)C1CCN(S(=O)(=O)c2ccc(CN)s2)C1. The Labute approximate surface area is 119 Å². The minimum absolute atomic E-state index is 0.155. The molecule has 1 aliphatic rings. The monoisotopic (exact) mass is 302 g/mol. The minimum Gasteiger partial charge on any atom is -0.326 e. The molecule has 1 aliphatic heterocycles. The minimum atomic E-state index is -3.32. The van der Waals surface area contributed by atoms with Crippen molar-refractivity contribution in [2.24, 2.45) is 17.1 Å². The second kappa shape index (κ2) is 5.16. The molecule has 19 heavy (non-hydrogen) atoms. The summed E-state index contributed by atoms with van der Waals surface area (Å²) in [7, 11) is -3.32. The van der Waals surface area contributed by atoms with Crippen LogP contribution in [0, 0.1) is 11.3 Å². The van der Waals surface area contributed by atoms with E-state index in [1.807, 2.05) is 0 Å². The van der Waals surface area contributed by atoms with Crippen molar-refractivity contribution in [1.29, 1.82) is 0 Å². The Bertz CT molecular complexity index is 543. The quantitative estimate of drug-likeness (QED) is 0.931. The Balaban J connectivity index is 2.18. The second-order valence-corrected chi connectivity index (χ2v) is 9.47. The Morgan fingerprint density at radius 3 is 2.58 bits per heavy atom. The van der Waals surface area contributed by atoms with Crippen LogP contribution in [0.15, 0.2) is 16.3 Å². The van der Waals surface area contributed by atoms with Gasteiger partial charge in [-0.3, -0.25) is 0 Å². The standard InChI is InChI=1S/C13H22N2O2S2/c1-13(2,3)10-6-7-15(9-10)19(16,17)12-5-4-11(8-14)18-12/h4-5,10H,6-9,14H2,1-3H3. The average molecular weight is 302 g/mol. The molecule has 0 bridgehead atoms. The number of nitrogens with two attached hydrogens (primary N) is 1. The van der Waals surface area contributed by atoms with Gasteiger partial charge in [0.25, 0.3) is 10.0 Å². The molecular formula is C13H22N2O2S2. The number of hydrogen-bond donors (Lipinski definition) is 1. The van der Waals surface area contributed by atoms with E-state index in [1.165, 1.54) is 11.3 Å². The van der Waals surface area contributed by atoms with E-state index < -0.39 is 10.0 Å². The van der Waals surface area contributed by atoms with E-state index in [-0.39, 0.29) is 5.41 Å². The molecule has 4 nitrogen and oxygen atoms in total. The highest BCUT2D eigenvalue weighted by Gasteiger charge is 2.38. The maximum absolute atomic E-state index is 12.5. The number of rotatable bonds is 3. The van der Waals surface area contributed by atoms with Gasteiger partial charge < -0.3 is 5.73 Å². The first-order valence-corrected chi connectivity index (χ1v) is 8.79. The maximum atomic E-state index is 12.5. The van der Waals surface area contributed by atoms with E-state index in [4.69, 9.17) is 5.73 Å². The lowest BCUT2D eigenvalue weighted by atomic mass is 9.80. The van der Waals surface area contributed by atoms with Crippen molar-refractivity contribution in [3.63, 3.8) is 0 Å². The summed E-state index contributed by atoms with van der Waals surface area (Å²) in [6.07, 6.45) is 0.942. The fraction of sp³-hybridized carbons (Fsp3) is 0.692. The molecule has 1 unspecified atom stereocenters. The Hall–Kier alpha value is -0.430. The zero-order chi connectivity index (χ0) is 14.3. The highest BCUT2D eigenvalue weighted by molar-refractivity contribution is 7.91. The lowest BCUT2D eigenvalue weighted by Gasteiger charge is -2.26. The first-order valence-electron chi connectivity index (χ1n) is 6.54. The van der Waals surface area contributed by atoms with E-state index in [9.17, 15) is 8.42 Å². The Kier molecular flexibility index (Phi) is 4.07. The van der Waals surface area contributed by atoms with Gasteiger partial charge in [0, 0.05) is 24.5 Å². The van der Waals surface area contributed by atoms with Gasteiger partial charge in [0.1, 0.15) is 4.21 Å². The van der Waals surface area contributed by atoms with Crippen LogP contribution in [0.1, 0.15) is 32.1 Å². The molecule has 1 aromatic rings. The summed E-state index contributed by atoms with van der Waals surface area (Å²) in [5.74, 6) is 0.427. The van der Waals surface area contributed by atoms with Crippen molar-refractivity contribution in [2.45, 2.75) is 37.9 Å². The van der Waals surface area contributed by atoms with E-state index in [1.54, 1.807) is 16.4 Å². The molecule has 0 aliphatic carbocycles. The van der Waals surface area contributed by atoms with Gasteiger partial charge in [0.15, 0.2) is 0 Å². The summed E-state index contributed by atoms with van der Waals surface area (Å²) in [5, 5.41) is 0.